The third kappa shape index (κ3) is 12.2. The van der Waals surface area contributed by atoms with Crippen LogP contribution in [0.4, 0.5) is 3.89 Å². The quantitative estimate of drug-likeness (QED) is 0.278. The topological polar surface area (TPSA) is 97.7 Å². The highest BCUT2D eigenvalue weighted by Gasteiger charge is 2.17. The average molecular weight is 308 g/mol. The summed E-state index contributed by atoms with van der Waals surface area (Å²) in [6, 6.07) is 0. The first-order valence-corrected chi connectivity index (χ1v) is 8.19. The maximum atomic E-state index is 12.0. The predicted molar refractivity (Wildman–Crippen MR) is 63.5 cm³/mol. The van der Waals surface area contributed by atoms with Gasteiger partial charge in [0.15, 0.2) is 0 Å². The molecule has 0 amide bonds. The van der Waals surface area contributed by atoms with E-state index < -0.39 is 20.6 Å². The molecule has 1 N–H and O–H groups in total. The van der Waals surface area contributed by atoms with Crippen molar-refractivity contribution in [2.45, 2.75) is 12.8 Å². The van der Waals surface area contributed by atoms with Gasteiger partial charge in [0, 0.05) is 12.8 Å². The lowest BCUT2D eigenvalue weighted by molar-refractivity contribution is -0.890. The molecule has 0 atom stereocenters. The molecule has 0 heterocycles. The molecule has 0 saturated heterocycles. The molecule has 7 nitrogen and oxygen atoms in total. The van der Waals surface area contributed by atoms with Crippen LogP contribution in [0.15, 0.2) is 0 Å². The number of nitrogens with zero attached hydrogens (tertiary/aromatic N) is 1. The lowest BCUT2D eigenvalue weighted by Gasteiger charge is -2.29. The normalized spacial score (nSPS) is 13.8. The number of halogens is 1. The van der Waals surface area contributed by atoms with Crippen molar-refractivity contribution in [3.8, 4) is 0 Å². The van der Waals surface area contributed by atoms with Gasteiger partial charge in [-0.25, -0.2) is 4.18 Å². The van der Waals surface area contributed by atoms with Gasteiger partial charge in [0.2, 0.25) is 0 Å². The molecule has 0 aromatic carbocycles. The van der Waals surface area contributed by atoms with Gasteiger partial charge in [0.1, 0.15) is 0 Å². The van der Waals surface area contributed by atoms with Crippen molar-refractivity contribution < 1.29 is 33.9 Å². The maximum Gasteiger partial charge on any atom is 0.437 e. The fourth-order valence-corrected chi connectivity index (χ4v) is 2.25. The summed E-state index contributed by atoms with van der Waals surface area (Å²) in [7, 11) is -5.23. The number of rotatable bonds is 9. The van der Waals surface area contributed by atoms with Gasteiger partial charge in [-0.05, 0) is 0 Å². The van der Waals surface area contributed by atoms with Crippen molar-refractivity contribution in [1.82, 2.24) is 0 Å². The van der Waals surface area contributed by atoms with Gasteiger partial charge in [-0.1, -0.05) is 3.89 Å². The van der Waals surface area contributed by atoms with E-state index >= 15 is 0 Å². The Morgan fingerprint density at radius 3 is 2.06 bits per heavy atom. The lowest BCUT2D eigenvalue weighted by Crippen LogP contribution is -2.42. The zero-order valence-corrected chi connectivity index (χ0v) is 12.0. The van der Waals surface area contributed by atoms with Crippen molar-refractivity contribution in [3.63, 3.8) is 0 Å². The molecule has 0 fully saturated rings. The minimum atomic E-state index is -4.90. The van der Waals surface area contributed by atoms with Crippen molar-refractivity contribution in [2.24, 2.45) is 0 Å². The van der Waals surface area contributed by atoms with Gasteiger partial charge >= 0.3 is 10.5 Å². The van der Waals surface area contributed by atoms with E-state index in [1.807, 2.05) is 14.1 Å². The summed E-state index contributed by atoms with van der Waals surface area (Å²) in [5.41, 5.74) is 0. The first-order valence-electron chi connectivity index (χ1n) is 5.27. The highest BCUT2D eigenvalue weighted by Crippen LogP contribution is 2.04. The van der Waals surface area contributed by atoms with Crippen molar-refractivity contribution in [3.05, 3.63) is 0 Å². The fourth-order valence-electron chi connectivity index (χ4n) is 1.44. The Hall–Kier alpha value is -0.290. The molecule has 0 saturated carbocycles. The van der Waals surface area contributed by atoms with Crippen LogP contribution in [0, 0.1) is 0 Å². The van der Waals surface area contributed by atoms with Crippen molar-refractivity contribution >= 4 is 20.6 Å². The molecule has 0 bridgehead atoms. The van der Waals surface area contributed by atoms with E-state index in [-0.39, 0.29) is 18.8 Å². The zero-order valence-electron chi connectivity index (χ0n) is 10.4. The molecule has 0 rings (SSSR count). The fraction of sp³-hybridized carbons (Fsp3) is 1.00. The van der Waals surface area contributed by atoms with Crippen LogP contribution in [0.1, 0.15) is 12.8 Å². The molecule has 10 heteroatoms. The Kier molecular flexibility index (Phi) is 6.65. The third-order valence-electron chi connectivity index (χ3n) is 2.30. The molecule has 0 aromatic heterocycles. The van der Waals surface area contributed by atoms with Crippen LogP contribution >= 0.6 is 0 Å². The van der Waals surface area contributed by atoms with E-state index in [2.05, 4.69) is 4.18 Å². The first-order chi connectivity index (χ1) is 7.91. The highest BCUT2D eigenvalue weighted by atomic mass is 32.3. The van der Waals surface area contributed by atoms with E-state index in [9.17, 15) is 20.7 Å². The number of quaternary nitrogens is 1. The molecular formula is C8H19FNO6S2+. The number of hydrogen-bond donors (Lipinski definition) is 1. The monoisotopic (exact) mass is 308 g/mol. The first kappa shape index (κ1) is 17.7. The average Bonchev–Trinajstić information content (AvgIpc) is 2.08. The van der Waals surface area contributed by atoms with Crippen LogP contribution in [0.2, 0.25) is 0 Å². The Labute approximate surface area is 107 Å². The van der Waals surface area contributed by atoms with Crippen LogP contribution in [-0.2, 0) is 24.8 Å². The molecule has 18 heavy (non-hydrogen) atoms. The van der Waals surface area contributed by atoms with Crippen LogP contribution in [0.5, 0.6) is 0 Å². The third-order valence-corrected chi connectivity index (χ3v) is 3.55. The van der Waals surface area contributed by atoms with Gasteiger partial charge in [0.25, 0.3) is 10.1 Å². The van der Waals surface area contributed by atoms with E-state index in [1.165, 1.54) is 0 Å². The van der Waals surface area contributed by atoms with Crippen LogP contribution in [0.3, 0.4) is 0 Å². The standard InChI is InChI=1S/C8H18FNO6S2/c1-10(2,6-4-8-17(11,12)13)5-3-7-16-18(9,14)15/h3-8H2,1-2H3/p+1. The summed E-state index contributed by atoms with van der Waals surface area (Å²) in [6.45, 7) is 0.738. The van der Waals surface area contributed by atoms with Crippen LogP contribution < -0.4 is 0 Å². The van der Waals surface area contributed by atoms with Gasteiger partial charge in [-0.15, -0.1) is 0 Å². The molecule has 0 radical (unpaired) electrons. The minimum absolute atomic E-state index is 0.251. The van der Waals surface area contributed by atoms with Gasteiger partial charge in [-0.2, -0.15) is 16.8 Å². The SMILES string of the molecule is C[N+](C)(CCCOS(=O)(=O)F)CCCS(=O)(=O)O. The second-order valence-electron chi connectivity index (χ2n) is 4.59. The summed E-state index contributed by atoms with van der Waals surface area (Å²) < 4.78 is 66.0. The summed E-state index contributed by atoms with van der Waals surface area (Å²) in [4.78, 5) is 0. The maximum absolute atomic E-state index is 12.0. The highest BCUT2D eigenvalue weighted by molar-refractivity contribution is 7.85. The Morgan fingerprint density at radius 2 is 1.61 bits per heavy atom. The van der Waals surface area contributed by atoms with Crippen molar-refractivity contribution in [2.75, 3.05) is 39.5 Å². The molecule has 0 aromatic rings. The van der Waals surface area contributed by atoms with E-state index in [4.69, 9.17) is 4.55 Å². The molecular weight excluding hydrogens is 289 g/mol. The lowest BCUT2D eigenvalue weighted by atomic mass is 10.3. The predicted octanol–water partition coefficient (Wildman–Crippen LogP) is -0.0383. The summed E-state index contributed by atoms with van der Waals surface area (Å²) >= 11 is 0. The summed E-state index contributed by atoms with van der Waals surface area (Å²) in [5.74, 6) is -0.315. The largest absolute Gasteiger partial charge is 0.437 e. The Morgan fingerprint density at radius 1 is 1.11 bits per heavy atom. The second-order valence-corrected chi connectivity index (χ2v) is 7.19. The van der Waals surface area contributed by atoms with Gasteiger partial charge in [-0.3, -0.25) is 4.55 Å². The van der Waals surface area contributed by atoms with E-state index in [0.29, 0.717) is 24.0 Å². The van der Waals surface area contributed by atoms with Gasteiger partial charge in [0.05, 0.1) is 39.5 Å². The molecule has 0 unspecified atom stereocenters. The molecule has 0 aliphatic carbocycles. The molecule has 0 aliphatic heterocycles. The smallest absolute Gasteiger partial charge is 0.328 e. The molecule has 0 spiro atoms. The zero-order chi connectivity index (χ0) is 14.4. The molecule has 0 aliphatic rings. The Bertz CT molecular complexity index is 444. The van der Waals surface area contributed by atoms with Crippen LogP contribution in [0.25, 0.3) is 0 Å². The van der Waals surface area contributed by atoms with Crippen molar-refractivity contribution in [1.29, 1.82) is 0 Å². The summed E-state index contributed by atoms with van der Waals surface area (Å²) in [6.07, 6.45) is 0.607. The van der Waals surface area contributed by atoms with E-state index in [0.717, 1.165) is 0 Å². The van der Waals surface area contributed by atoms with Crippen LogP contribution in [-0.4, -0.2) is 65.4 Å². The van der Waals surface area contributed by atoms with E-state index in [1.54, 1.807) is 0 Å². The summed E-state index contributed by atoms with van der Waals surface area (Å²) in [5, 5.41) is 0. The minimum Gasteiger partial charge on any atom is -0.328 e. The Balaban J connectivity index is 3.87. The number of hydrogen-bond acceptors (Lipinski definition) is 5. The molecule has 110 valence electrons. The van der Waals surface area contributed by atoms with Gasteiger partial charge < -0.3 is 4.48 Å². The second kappa shape index (κ2) is 6.75.